The molecule has 1 aromatic heterocycles. The molecule has 19 heavy (non-hydrogen) atoms. The van der Waals surface area contributed by atoms with Crippen molar-refractivity contribution in [2.45, 2.75) is 26.7 Å². The van der Waals surface area contributed by atoms with Gasteiger partial charge in [-0.2, -0.15) is 0 Å². The van der Waals surface area contributed by atoms with Crippen molar-refractivity contribution in [3.63, 3.8) is 0 Å². The van der Waals surface area contributed by atoms with Crippen molar-refractivity contribution in [3.05, 3.63) is 11.9 Å². The van der Waals surface area contributed by atoms with E-state index in [2.05, 4.69) is 34.4 Å². The summed E-state index contributed by atoms with van der Waals surface area (Å²) in [4.78, 5) is 21.6. The van der Waals surface area contributed by atoms with Crippen LogP contribution in [0.25, 0.3) is 0 Å². The second kappa shape index (κ2) is 7.56. The third-order valence-electron chi connectivity index (χ3n) is 2.75. The molecule has 6 nitrogen and oxygen atoms in total. The van der Waals surface area contributed by atoms with Crippen LogP contribution in [0.3, 0.4) is 0 Å². The van der Waals surface area contributed by atoms with E-state index in [1.54, 1.807) is 19.0 Å². The molecule has 0 fully saturated rings. The van der Waals surface area contributed by atoms with Gasteiger partial charge in [0.2, 0.25) is 5.91 Å². The average molecular weight is 265 g/mol. The third kappa shape index (κ3) is 4.39. The molecule has 0 unspecified atom stereocenters. The van der Waals surface area contributed by atoms with E-state index in [9.17, 15) is 4.79 Å². The molecule has 0 aromatic carbocycles. The molecule has 106 valence electrons. The van der Waals surface area contributed by atoms with Crippen molar-refractivity contribution in [1.29, 1.82) is 0 Å². The quantitative estimate of drug-likeness (QED) is 0.779. The van der Waals surface area contributed by atoms with E-state index in [-0.39, 0.29) is 12.5 Å². The van der Waals surface area contributed by atoms with Gasteiger partial charge in [-0.05, 0) is 12.8 Å². The SMILES string of the molecule is CCCNc1ncnc(NCC(=O)N(C)C)c1CC. The predicted molar refractivity (Wildman–Crippen MR) is 77.4 cm³/mol. The Kier molecular flexibility index (Phi) is 6.05. The Morgan fingerprint density at radius 1 is 1.21 bits per heavy atom. The molecular formula is C13H23N5O. The van der Waals surface area contributed by atoms with Gasteiger partial charge in [-0.1, -0.05) is 13.8 Å². The van der Waals surface area contributed by atoms with Crippen molar-refractivity contribution >= 4 is 17.5 Å². The Hall–Kier alpha value is -1.85. The number of hydrogen-bond donors (Lipinski definition) is 2. The van der Waals surface area contributed by atoms with E-state index < -0.39 is 0 Å². The van der Waals surface area contributed by atoms with E-state index in [0.717, 1.165) is 36.6 Å². The first kappa shape index (κ1) is 15.2. The van der Waals surface area contributed by atoms with Crippen LogP contribution >= 0.6 is 0 Å². The molecule has 0 atom stereocenters. The van der Waals surface area contributed by atoms with Crippen molar-refractivity contribution in [2.75, 3.05) is 37.8 Å². The lowest BCUT2D eigenvalue weighted by Crippen LogP contribution is -2.29. The summed E-state index contributed by atoms with van der Waals surface area (Å²) in [6.45, 7) is 5.27. The lowest BCUT2D eigenvalue weighted by atomic mass is 10.2. The number of likely N-dealkylation sites (N-methyl/N-ethyl adjacent to an activating group) is 1. The maximum atomic E-state index is 11.6. The number of anilines is 2. The summed E-state index contributed by atoms with van der Waals surface area (Å²) in [5.41, 5.74) is 1.02. The minimum atomic E-state index is 0.0173. The number of nitrogens with one attached hydrogen (secondary N) is 2. The summed E-state index contributed by atoms with van der Waals surface area (Å²) < 4.78 is 0. The first-order valence-electron chi connectivity index (χ1n) is 6.61. The van der Waals surface area contributed by atoms with E-state index >= 15 is 0 Å². The normalized spacial score (nSPS) is 10.1. The molecule has 0 aliphatic carbocycles. The van der Waals surface area contributed by atoms with E-state index in [1.807, 2.05) is 0 Å². The van der Waals surface area contributed by atoms with E-state index in [1.165, 1.54) is 6.33 Å². The van der Waals surface area contributed by atoms with Crippen molar-refractivity contribution in [2.24, 2.45) is 0 Å². The number of rotatable bonds is 7. The van der Waals surface area contributed by atoms with Gasteiger partial charge in [0.05, 0.1) is 6.54 Å². The van der Waals surface area contributed by atoms with Gasteiger partial charge < -0.3 is 15.5 Å². The second-order valence-corrected chi connectivity index (χ2v) is 4.47. The van der Waals surface area contributed by atoms with E-state index in [4.69, 9.17) is 0 Å². The molecular weight excluding hydrogens is 242 g/mol. The van der Waals surface area contributed by atoms with Crippen LogP contribution in [0.1, 0.15) is 25.8 Å². The fourth-order valence-corrected chi connectivity index (χ4v) is 1.61. The summed E-state index contributed by atoms with van der Waals surface area (Å²) in [5, 5.41) is 6.36. The maximum absolute atomic E-state index is 11.6. The van der Waals surface area contributed by atoms with Crippen molar-refractivity contribution in [1.82, 2.24) is 14.9 Å². The summed E-state index contributed by atoms with van der Waals surface area (Å²) in [6.07, 6.45) is 3.36. The average Bonchev–Trinajstić information content (AvgIpc) is 2.41. The van der Waals surface area contributed by atoms with E-state index in [0.29, 0.717) is 0 Å². The van der Waals surface area contributed by atoms with Crippen molar-refractivity contribution in [3.8, 4) is 0 Å². The zero-order valence-corrected chi connectivity index (χ0v) is 12.2. The Labute approximate surface area is 114 Å². The molecule has 2 N–H and O–H groups in total. The standard InChI is InChI=1S/C13H23N5O/c1-5-7-14-12-10(6-2)13(17-9-16-12)15-8-11(19)18(3)4/h9H,5-8H2,1-4H3,(H2,14,15,16,17). The first-order valence-corrected chi connectivity index (χ1v) is 6.61. The Morgan fingerprint density at radius 2 is 1.84 bits per heavy atom. The van der Waals surface area contributed by atoms with Crippen LogP contribution in [0.5, 0.6) is 0 Å². The van der Waals surface area contributed by atoms with Crippen molar-refractivity contribution < 1.29 is 4.79 Å². The number of amides is 1. The Balaban J connectivity index is 2.79. The van der Waals surface area contributed by atoms with Gasteiger partial charge in [0, 0.05) is 26.2 Å². The summed E-state index contributed by atoms with van der Waals surface area (Å²) >= 11 is 0. The molecule has 1 amide bonds. The highest BCUT2D eigenvalue weighted by molar-refractivity contribution is 5.80. The van der Waals surface area contributed by atoms with Crippen LogP contribution in [0.2, 0.25) is 0 Å². The highest BCUT2D eigenvalue weighted by Gasteiger charge is 2.11. The van der Waals surface area contributed by atoms with Gasteiger partial charge in [0.25, 0.3) is 0 Å². The molecule has 0 aliphatic rings. The maximum Gasteiger partial charge on any atom is 0.241 e. The molecule has 1 aromatic rings. The summed E-state index contributed by atoms with van der Waals surface area (Å²) in [5.74, 6) is 1.59. The van der Waals surface area contributed by atoms with Crippen LogP contribution in [-0.2, 0) is 11.2 Å². The predicted octanol–water partition coefficient (Wildman–Crippen LogP) is 1.36. The molecule has 0 saturated heterocycles. The number of aromatic nitrogens is 2. The zero-order valence-electron chi connectivity index (χ0n) is 12.2. The van der Waals surface area contributed by atoms with Gasteiger partial charge >= 0.3 is 0 Å². The van der Waals surface area contributed by atoms with Gasteiger partial charge in [-0.15, -0.1) is 0 Å². The molecule has 1 rings (SSSR count). The smallest absolute Gasteiger partial charge is 0.241 e. The minimum Gasteiger partial charge on any atom is -0.370 e. The van der Waals surface area contributed by atoms with Crippen LogP contribution < -0.4 is 10.6 Å². The number of hydrogen-bond acceptors (Lipinski definition) is 5. The highest BCUT2D eigenvalue weighted by atomic mass is 16.2. The fourth-order valence-electron chi connectivity index (χ4n) is 1.61. The molecule has 0 spiro atoms. The van der Waals surface area contributed by atoms with Crippen LogP contribution in [0, 0.1) is 0 Å². The number of nitrogens with zero attached hydrogens (tertiary/aromatic N) is 3. The van der Waals surface area contributed by atoms with Gasteiger partial charge in [0.1, 0.15) is 18.0 Å². The summed E-state index contributed by atoms with van der Waals surface area (Å²) in [6, 6.07) is 0. The van der Waals surface area contributed by atoms with Crippen LogP contribution in [-0.4, -0.2) is 48.0 Å². The third-order valence-corrected chi connectivity index (χ3v) is 2.75. The topological polar surface area (TPSA) is 70.1 Å². The number of carbonyl (C=O) groups is 1. The molecule has 0 saturated carbocycles. The van der Waals surface area contributed by atoms with Gasteiger partial charge in [-0.25, -0.2) is 9.97 Å². The monoisotopic (exact) mass is 265 g/mol. The zero-order chi connectivity index (χ0) is 14.3. The number of carbonyl (C=O) groups excluding carboxylic acids is 1. The largest absolute Gasteiger partial charge is 0.370 e. The molecule has 0 aliphatic heterocycles. The lowest BCUT2D eigenvalue weighted by molar-refractivity contribution is -0.126. The second-order valence-electron chi connectivity index (χ2n) is 4.47. The highest BCUT2D eigenvalue weighted by Crippen LogP contribution is 2.20. The minimum absolute atomic E-state index is 0.0173. The molecule has 6 heteroatoms. The Morgan fingerprint density at radius 3 is 2.37 bits per heavy atom. The van der Waals surface area contributed by atoms with Gasteiger partial charge in [-0.3, -0.25) is 4.79 Å². The lowest BCUT2D eigenvalue weighted by Gasteiger charge is -2.15. The van der Waals surface area contributed by atoms with Crippen LogP contribution in [0.15, 0.2) is 6.33 Å². The molecule has 0 radical (unpaired) electrons. The fraction of sp³-hybridized carbons (Fsp3) is 0.615. The summed E-state index contributed by atoms with van der Waals surface area (Å²) in [7, 11) is 3.47. The molecule has 1 heterocycles. The molecule has 0 bridgehead atoms. The first-order chi connectivity index (χ1) is 9.10. The van der Waals surface area contributed by atoms with Gasteiger partial charge in [0.15, 0.2) is 0 Å². The Bertz CT molecular complexity index is 419. The van der Waals surface area contributed by atoms with Crippen LogP contribution in [0.4, 0.5) is 11.6 Å².